The van der Waals surface area contributed by atoms with E-state index in [4.69, 9.17) is 0 Å². The fourth-order valence-corrected chi connectivity index (χ4v) is 2.78. The van der Waals surface area contributed by atoms with Gasteiger partial charge in [-0.3, -0.25) is 51.3 Å². The van der Waals surface area contributed by atoms with Crippen molar-refractivity contribution in [3.63, 3.8) is 0 Å². The van der Waals surface area contributed by atoms with Crippen LogP contribution in [0.25, 0.3) is 0 Å². The summed E-state index contributed by atoms with van der Waals surface area (Å²) in [5.74, 6) is 0. The number of non-ortho nitro benzene ring substituents is 2. The van der Waals surface area contributed by atoms with Crippen molar-refractivity contribution in [3.8, 4) is 0 Å². The van der Waals surface area contributed by atoms with Crippen molar-refractivity contribution in [1.82, 2.24) is 0 Å². The van der Waals surface area contributed by atoms with E-state index < -0.39 is 42.4 Å². The normalized spacial score (nSPS) is 11.6. The summed E-state index contributed by atoms with van der Waals surface area (Å²) in [7, 11) is 0. The number of hydrogen-bond donors (Lipinski definition) is 2. The SMILES string of the molecule is C/C(CCC/C(C)=N/Nc1ccc([N+](=O)[O-])cc1[N+](=O)[O-])=N/Nc1ccc([N+](=O)[O-])cc1[N+](=O)[O-]. The van der Waals surface area contributed by atoms with Crippen molar-refractivity contribution in [1.29, 1.82) is 0 Å². The van der Waals surface area contributed by atoms with E-state index in [0.717, 1.165) is 24.3 Å². The fourth-order valence-electron chi connectivity index (χ4n) is 2.78. The lowest BCUT2D eigenvalue weighted by Crippen LogP contribution is -2.04. The third-order valence-electron chi connectivity index (χ3n) is 4.59. The molecule has 0 bridgehead atoms. The lowest BCUT2D eigenvalue weighted by atomic mass is 10.1. The first-order valence-electron chi connectivity index (χ1n) is 9.93. The second-order valence-electron chi connectivity index (χ2n) is 7.20. The van der Waals surface area contributed by atoms with Crippen LogP contribution in [0.2, 0.25) is 0 Å². The molecule has 0 saturated carbocycles. The molecule has 2 aromatic rings. The van der Waals surface area contributed by atoms with Crippen LogP contribution in [0.5, 0.6) is 0 Å². The van der Waals surface area contributed by atoms with Gasteiger partial charge < -0.3 is 0 Å². The van der Waals surface area contributed by atoms with Crippen molar-refractivity contribution < 1.29 is 19.7 Å². The summed E-state index contributed by atoms with van der Waals surface area (Å²) in [5.41, 5.74) is 4.52. The van der Waals surface area contributed by atoms with Crippen molar-refractivity contribution in [2.24, 2.45) is 10.2 Å². The van der Waals surface area contributed by atoms with Gasteiger partial charge in [-0.05, 0) is 45.2 Å². The molecule has 0 amide bonds. The number of rotatable bonds is 12. The molecule has 0 unspecified atom stereocenters. The number of nitrogens with one attached hydrogen (secondary N) is 2. The zero-order valence-electron chi connectivity index (χ0n) is 18.5. The van der Waals surface area contributed by atoms with Crippen molar-refractivity contribution in [2.75, 3.05) is 10.9 Å². The Kier molecular flexibility index (Phi) is 8.79. The minimum absolute atomic E-state index is 0.00610. The first-order valence-corrected chi connectivity index (χ1v) is 9.93. The molecule has 16 nitrogen and oxygen atoms in total. The van der Waals surface area contributed by atoms with E-state index in [-0.39, 0.29) is 11.4 Å². The molecule has 184 valence electrons. The monoisotopic (exact) mass is 488 g/mol. The predicted molar refractivity (Wildman–Crippen MR) is 127 cm³/mol. The fraction of sp³-hybridized carbons (Fsp3) is 0.263. The number of hydrogen-bond acceptors (Lipinski definition) is 12. The summed E-state index contributed by atoms with van der Waals surface area (Å²) in [6.07, 6.45) is 1.55. The minimum Gasteiger partial charge on any atom is -0.272 e. The van der Waals surface area contributed by atoms with E-state index in [0.29, 0.717) is 30.7 Å². The Balaban J connectivity index is 1.95. The molecule has 0 saturated heterocycles. The number of nitro groups is 4. The van der Waals surface area contributed by atoms with Gasteiger partial charge in [0.1, 0.15) is 11.4 Å². The molecule has 0 radical (unpaired) electrons. The summed E-state index contributed by atoms with van der Waals surface area (Å²) in [4.78, 5) is 41.0. The van der Waals surface area contributed by atoms with Gasteiger partial charge in [-0.25, -0.2) is 0 Å². The Morgan fingerprint density at radius 1 is 0.686 bits per heavy atom. The third-order valence-corrected chi connectivity index (χ3v) is 4.59. The first kappa shape index (κ1) is 26.2. The van der Waals surface area contributed by atoms with Gasteiger partial charge in [-0.15, -0.1) is 0 Å². The van der Waals surface area contributed by atoms with Crippen LogP contribution in [-0.2, 0) is 0 Å². The number of nitrogens with zero attached hydrogens (tertiary/aromatic N) is 6. The maximum Gasteiger partial charge on any atom is 0.301 e. The zero-order valence-corrected chi connectivity index (χ0v) is 18.5. The minimum atomic E-state index is -0.748. The van der Waals surface area contributed by atoms with E-state index >= 15 is 0 Å². The Labute approximate surface area is 196 Å². The summed E-state index contributed by atoms with van der Waals surface area (Å²) in [6, 6.07) is 6.34. The quantitative estimate of drug-likeness (QED) is 0.236. The van der Waals surface area contributed by atoms with Gasteiger partial charge in [-0.1, -0.05) is 0 Å². The number of anilines is 2. The summed E-state index contributed by atoms with van der Waals surface area (Å²) in [6.45, 7) is 3.38. The largest absolute Gasteiger partial charge is 0.301 e. The summed E-state index contributed by atoms with van der Waals surface area (Å²) >= 11 is 0. The molecule has 0 aliphatic rings. The Morgan fingerprint density at radius 2 is 1.06 bits per heavy atom. The van der Waals surface area contributed by atoms with E-state index in [1.165, 1.54) is 12.1 Å². The van der Waals surface area contributed by atoms with Gasteiger partial charge in [0.15, 0.2) is 0 Å². The first-order chi connectivity index (χ1) is 16.5. The molecule has 2 aromatic carbocycles. The average Bonchev–Trinajstić information content (AvgIpc) is 2.80. The van der Waals surface area contributed by atoms with Crippen LogP contribution >= 0.6 is 0 Å². The molecule has 0 fully saturated rings. The topological polar surface area (TPSA) is 221 Å². The van der Waals surface area contributed by atoms with E-state index in [1.54, 1.807) is 13.8 Å². The van der Waals surface area contributed by atoms with Crippen molar-refractivity contribution >= 4 is 45.5 Å². The van der Waals surface area contributed by atoms with Gasteiger partial charge >= 0.3 is 11.4 Å². The molecule has 0 aliphatic carbocycles. The highest BCUT2D eigenvalue weighted by Crippen LogP contribution is 2.30. The van der Waals surface area contributed by atoms with Crippen LogP contribution in [0, 0.1) is 40.5 Å². The molecule has 0 aliphatic heterocycles. The highest BCUT2D eigenvalue weighted by molar-refractivity contribution is 5.85. The van der Waals surface area contributed by atoms with Crippen LogP contribution in [0.1, 0.15) is 33.1 Å². The Bertz CT molecular complexity index is 1130. The van der Waals surface area contributed by atoms with E-state index in [1.807, 2.05) is 0 Å². The van der Waals surface area contributed by atoms with Crippen molar-refractivity contribution in [3.05, 3.63) is 76.9 Å². The molecule has 0 spiro atoms. The molecule has 0 aromatic heterocycles. The molecule has 0 atom stereocenters. The Hall–Kier alpha value is -5.02. The van der Waals surface area contributed by atoms with Gasteiger partial charge in [0, 0.05) is 23.6 Å². The lowest BCUT2D eigenvalue weighted by Gasteiger charge is -2.06. The smallest absolute Gasteiger partial charge is 0.272 e. The van der Waals surface area contributed by atoms with Gasteiger partial charge in [-0.2, -0.15) is 10.2 Å². The molecular formula is C19H20N8O8. The highest BCUT2D eigenvalue weighted by atomic mass is 16.6. The van der Waals surface area contributed by atoms with Crippen molar-refractivity contribution in [2.45, 2.75) is 33.1 Å². The zero-order chi connectivity index (χ0) is 26.1. The maximum atomic E-state index is 11.2. The average molecular weight is 488 g/mol. The predicted octanol–water partition coefficient (Wildman–Crippen LogP) is 4.77. The lowest BCUT2D eigenvalue weighted by molar-refractivity contribution is -0.393. The number of benzene rings is 2. The molecular weight excluding hydrogens is 468 g/mol. The number of nitro benzene ring substituents is 4. The van der Waals surface area contributed by atoms with Gasteiger partial charge in [0.05, 0.1) is 31.8 Å². The van der Waals surface area contributed by atoms with Crippen LogP contribution < -0.4 is 10.9 Å². The summed E-state index contributed by atoms with van der Waals surface area (Å²) < 4.78 is 0. The van der Waals surface area contributed by atoms with E-state index in [9.17, 15) is 40.5 Å². The second-order valence-corrected chi connectivity index (χ2v) is 7.20. The maximum absolute atomic E-state index is 11.2. The molecule has 35 heavy (non-hydrogen) atoms. The second kappa shape index (κ2) is 11.7. The van der Waals surface area contributed by atoms with Crippen LogP contribution in [-0.4, -0.2) is 31.1 Å². The third kappa shape index (κ3) is 7.52. The molecule has 2 N–H and O–H groups in total. The molecule has 0 heterocycles. The Morgan fingerprint density at radius 3 is 1.37 bits per heavy atom. The number of hydrazone groups is 2. The molecule has 16 heteroatoms. The van der Waals surface area contributed by atoms with Gasteiger partial charge in [0.25, 0.3) is 11.4 Å². The standard InChI is InChI=1S/C19H20N8O8/c1-12(20-22-16-8-6-14(24(28)29)10-18(16)26(32)33)4-3-5-13(2)21-23-17-9-7-15(25(30)31)11-19(17)27(34)35/h6-11,22-23H,3-5H2,1-2H3/b20-12-,21-13+. The van der Waals surface area contributed by atoms with Crippen LogP contribution in [0.4, 0.5) is 34.1 Å². The van der Waals surface area contributed by atoms with Gasteiger partial charge in [0.2, 0.25) is 0 Å². The highest BCUT2D eigenvalue weighted by Gasteiger charge is 2.20. The van der Waals surface area contributed by atoms with Crippen LogP contribution in [0.15, 0.2) is 46.6 Å². The van der Waals surface area contributed by atoms with Crippen LogP contribution in [0.3, 0.4) is 0 Å². The molecule has 2 rings (SSSR count). The van der Waals surface area contributed by atoms with E-state index in [2.05, 4.69) is 21.1 Å². The summed E-state index contributed by atoms with van der Waals surface area (Å²) in [5, 5.41) is 52.1.